The molecule has 3 unspecified atom stereocenters. The Morgan fingerprint density at radius 1 is 1.15 bits per heavy atom. The summed E-state index contributed by atoms with van der Waals surface area (Å²) in [6.45, 7) is 2.51. The van der Waals surface area contributed by atoms with Gasteiger partial charge in [-0.1, -0.05) is 43.3 Å². The highest BCUT2D eigenvalue weighted by Gasteiger charge is 2.42. The normalized spacial score (nSPS) is 20.6. The quantitative estimate of drug-likeness (QED) is 0.795. The van der Waals surface area contributed by atoms with Crippen molar-refractivity contribution in [3.63, 3.8) is 0 Å². The van der Waals surface area contributed by atoms with Crippen LogP contribution in [0, 0.1) is 11.8 Å². The van der Waals surface area contributed by atoms with E-state index in [4.69, 9.17) is 14.2 Å². The molecule has 1 saturated carbocycles. The molecule has 1 N–H and O–H groups in total. The van der Waals surface area contributed by atoms with Gasteiger partial charge in [0, 0.05) is 12.1 Å². The second kappa shape index (κ2) is 7.31. The number of carbonyl (C=O) groups excluding carboxylic acids is 2. The van der Waals surface area contributed by atoms with Crippen molar-refractivity contribution in [2.24, 2.45) is 11.8 Å². The van der Waals surface area contributed by atoms with Crippen molar-refractivity contribution < 1.29 is 23.8 Å². The Morgan fingerprint density at radius 3 is 2.63 bits per heavy atom. The minimum atomic E-state index is -0.958. The molecule has 1 amide bonds. The first-order valence-electron chi connectivity index (χ1n) is 9.03. The summed E-state index contributed by atoms with van der Waals surface area (Å²) in [6.07, 6.45) is -0.139. The Hall–Kier alpha value is -3.02. The zero-order chi connectivity index (χ0) is 18.8. The van der Waals surface area contributed by atoms with E-state index < -0.39 is 6.10 Å². The third-order valence-electron chi connectivity index (χ3n) is 4.89. The first-order chi connectivity index (χ1) is 13.1. The summed E-state index contributed by atoms with van der Waals surface area (Å²) in [5, 5.41) is 2.85. The van der Waals surface area contributed by atoms with Crippen LogP contribution in [0.4, 0.5) is 0 Å². The van der Waals surface area contributed by atoms with Gasteiger partial charge in [0.1, 0.15) is 0 Å². The first kappa shape index (κ1) is 17.4. The maximum Gasteiger partial charge on any atom is 0.310 e. The topological polar surface area (TPSA) is 73.9 Å². The van der Waals surface area contributed by atoms with E-state index in [2.05, 4.69) is 5.32 Å². The summed E-state index contributed by atoms with van der Waals surface area (Å²) in [6, 6.07) is 14.6. The van der Waals surface area contributed by atoms with E-state index >= 15 is 0 Å². The number of esters is 1. The number of benzene rings is 2. The van der Waals surface area contributed by atoms with E-state index in [1.807, 2.05) is 43.3 Å². The number of rotatable bonds is 6. The molecule has 27 heavy (non-hydrogen) atoms. The molecule has 1 aliphatic carbocycles. The van der Waals surface area contributed by atoms with Crippen LogP contribution in [0.2, 0.25) is 0 Å². The molecular weight excluding hydrogens is 346 g/mol. The second-order valence-electron chi connectivity index (χ2n) is 6.95. The van der Waals surface area contributed by atoms with Crippen molar-refractivity contribution in [3.8, 4) is 11.5 Å². The summed E-state index contributed by atoms with van der Waals surface area (Å²) in [7, 11) is 0. The molecule has 0 spiro atoms. The molecule has 3 atom stereocenters. The predicted octanol–water partition coefficient (Wildman–Crippen LogP) is 2.97. The van der Waals surface area contributed by atoms with Crippen molar-refractivity contribution in [3.05, 3.63) is 59.7 Å². The Bertz CT molecular complexity index is 851. The molecule has 6 heteroatoms. The highest BCUT2D eigenvalue weighted by Crippen LogP contribution is 2.39. The van der Waals surface area contributed by atoms with Crippen LogP contribution in [-0.2, 0) is 20.9 Å². The fourth-order valence-corrected chi connectivity index (χ4v) is 3.09. The van der Waals surface area contributed by atoms with Gasteiger partial charge in [0.05, 0.1) is 5.92 Å². The minimum absolute atomic E-state index is 0.0992. The predicted molar refractivity (Wildman–Crippen MR) is 97.0 cm³/mol. The molecule has 2 aromatic rings. The molecule has 1 fully saturated rings. The fraction of sp³-hybridized carbons (Fsp3) is 0.333. The lowest BCUT2D eigenvalue weighted by molar-refractivity contribution is -0.158. The van der Waals surface area contributed by atoms with E-state index in [1.165, 1.54) is 0 Å². The lowest BCUT2D eigenvalue weighted by Crippen LogP contribution is -2.32. The SMILES string of the molecule is CC1CC1C(=O)OC(C(=O)NCc1ccc2c(c1)OCO2)c1ccccc1. The third-order valence-corrected chi connectivity index (χ3v) is 4.89. The monoisotopic (exact) mass is 367 g/mol. The van der Waals surface area contributed by atoms with Gasteiger partial charge in [-0.2, -0.15) is 0 Å². The van der Waals surface area contributed by atoms with Crippen LogP contribution >= 0.6 is 0 Å². The Balaban J connectivity index is 1.44. The average molecular weight is 367 g/mol. The van der Waals surface area contributed by atoms with Crippen LogP contribution in [0.1, 0.15) is 30.6 Å². The highest BCUT2D eigenvalue weighted by molar-refractivity contribution is 5.86. The molecule has 0 bridgehead atoms. The first-order valence-corrected chi connectivity index (χ1v) is 9.03. The van der Waals surface area contributed by atoms with Crippen molar-refractivity contribution in [2.75, 3.05) is 6.79 Å². The van der Waals surface area contributed by atoms with Gasteiger partial charge in [0.2, 0.25) is 12.9 Å². The number of hydrogen-bond donors (Lipinski definition) is 1. The van der Waals surface area contributed by atoms with Crippen molar-refractivity contribution in [2.45, 2.75) is 26.0 Å². The van der Waals surface area contributed by atoms with Gasteiger partial charge in [0.25, 0.3) is 5.91 Å². The number of carbonyl (C=O) groups is 2. The Kier molecular flexibility index (Phi) is 4.71. The summed E-state index contributed by atoms with van der Waals surface area (Å²) in [4.78, 5) is 25.0. The van der Waals surface area contributed by atoms with Crippen LogP contribution in [0.5, 0.6) is 11.5 Å². The molecule has 4 rings (SSSR count). The average Bonchev–Trinajstić information content (AvgIpc) is 3.24. The van der Waals surface area contributed by atoms with Crippen LogP contribution in [0.15, 0.2) is 48.5 Å². The molecule has 6 nitrogen and oxygen atoms in total. The molecule has 0 aromatic heterocycles. The van der Waals surface area contributed by atoms with Gasteiger partial charge in [-0.3, -0.25) is 9.59 Å². The van der Waals surface area contributed by atoms with Crippen molar-refractivity contribution in [1.82, 2.24) is 5.32 Å². The van der Waals surface area contributed by atoms with Crippen molar-refractivity contribution in [1.29, 1.82) is 0 Å². The highest BCUT2D eigenvalue weighted by atomic mass is 16.7. The summed E-state index contributed by atoms with van der Waals surface area (Å²) in [5.41, 5.74) is 1.53. The molecule has 0 radical (unpaired) electrons. The molecular formula is C21H21NO5. The maximum absolute atomic E-state index is 12.8. The lowest BCUT2D eigenvalue weighted by atomic mass is 10.1. The van der Waals surface area contributed by atoms with Gasteiger partial charge in [-0.05, 0) is 30.0 Å². The van der Waals surface area contributed by atoms with Crippen LogP contribution in [-0.4, -0.2) is 18.7 Å². The van der Waals surface area contributed by atoms with Crippen molar-refractivity contribution >= 4 is 11.9 Å². The van der Waals surface area contributed by atoms with Gasteiger partial charge < -0.3 is 19.5 Å². The second-order valence-corrected chi connectivity index (χ2v) is 6.95. The summed E-state index contributed by atoms with van der Waals surface area (Å²) < 4.78 is 16.2. The van der Waals surface area contributed by atoms with E-state index in [9.17, 15) is 9.59 Å². The van der Waals surface area contributed by atoms with E-state index in [0.29, 0.717) is 29.5 Å². The van der Waals surface area contributed by atoms with Crippen LogP contribution in [0.3, 0.4) is 0 Å². The van der Waals surface area contributed by atoms with Crippen LogP contribution < -0.4 is 14.8 Å². The maximum atomic E-state index is 12.8. The molecule has 1 aliphatic heterocycles. The standard InChI is InChI=1S/C21H21NO5/c1-13-9-16(13)21(24)27-19(15-5-3-2-4-6-15)20(23)22-11-14-7-8-17-18(10-14)26-12-25-17/h2-8,10,13,16,19H,9,11-12H2,1H3,(H,22,23). The van der Waals surface area contributed by atoms with E-state index in [1.54, 1.807) is 12.1 Å². The number of hydrogen-bond acceptors (Lipinski definition) is 5. The minimum Gasteiger partial charge on any atom is -0.454 e. The van der Waals surface area contributed by atoms with Gasteiger partial charge in [-0.15, -0.1) is 0 Å². The van der Waals surface area contributed by atoms with E-state index in [0.717, 1.165) is 12.0 Å². The number of amides is 1. The largest absolute Gasteiger partial charge is 0.454 e. The Morgan fingerprint density at radius 2 is 1.89 bits per heavy atom. The molecule has 1 heterocycles. The lowest BCUT2D eigenvalue weighted by Gasteiger charge is -2.18. The number of nitrogens with one attached hydrogen (secondary N) is 1. The van der Waals surface area contributed by atoms with E-state index in [-0.39, 0.29) is 24.6 Å². The smallest absolute Gasteiger partial charge is 0.310 e. The van der Waals surface area contributed by atoms with Crippen LogP contribution in [0.25, 0.3) is 0 Å². The fourth-order valence-electron chi connectivity index (χ4n) is 3.09. The zero-order valence-corrected chi connectivity index (χ0v) is 15.0. The summed E-state index contributed by atoms with van der Waals surface area (Å²) in [5.74, 6) is 0.925. The number of ether oxygens (including phenoxy) is 3. The zero-order valence-electron chi connectivity index (χ0n) is 15.0. The van der Waals surface area contributed by atoms with Gasteiger partial charge in [-0.25, -0.2) is 0 Å². The Labute approximate surface area is 157 Å². The van der Waals surface area contributed by atoms with Gasteiger partial charge in [0.15, 0.2) is 11.5 Å². The molecule has 2 aliphatic rings. The van der Waals surface area contributed by atoms with Gasteiger partial charge >= 0.3 is 5.97 Å². The number of fused-ring (bicyclic) bond motifs is 1. The molecule has 0 saturated heterocycles. The third kappa shape index (κ3) is 3.89. The summed E-state index contributed by atoms with van der Waals surface area (Å²) >= 11 is 0. The molecule has 140 valence electrons. The molecule has 2 aromatic carbocycles.